The largest absolute Gasteiger partial charge is 0.299 e. The smallest absolute Gasteiger partial charge is 0.142 e. The lowest BCUT2D eigenvalue weighted by molar-refractivity contribution is -0.104. The van der Waals surface area contributed by atoms with E-state index in [0.717, 1.165) is 18.3 Å². The van der Waals surface area contributed by atoms with Crippen molar-refractivity contribution in [3.05, 3.63) is 59.3 Å². The zero-order valence-electron chi connectivity index (χ0n) is 11.7. The molecule has 0 fully saturated rings. The van der Waals surface area contributed by atoms with Gasteiger partial charge in [0.05, 0.1) is 0 Å². The summed E-state index contributed by atoms with van der Waals surface area (Å²) >= 11 is 0. The van der Waals surface area contributed by atoms with Gasteiger partial charge in [-0.2, -0.15) is 0 Å². The summed E-state index contributed by atoms with van der Waals surface area (Å²) in [6.07, 6.45) is 15.8. The van der Waals surface area contributed by atoms with Crippen molar-refractivity contribution < 1.29 is 4.79 Å². The Morgan fingerprint density at radius 2 is 2.06 bits per heavy atom. The second-order valence-corrected chi connectivity index (χ2v) is 5.35. The lowest BCUT2D eigenvalue weighted by Gasteiger charge is -2.29. The Hall–Kier alpha value is -1.63. The van der Waals surface area contributed by atoms with E-state index in [-0.39, 0.29) is 5.41 Å². The van der Waals surface area contributed by atoms with Gasteiger partial charge in [-0.05, 0) is 42.9 Å². The summed E-state index contributed by atoms with van der Waals surface area (Å²) in [6, 6.07) is 0. The first-order valence-corrected chi connectivity index (χ1v) is 6.32. The zero-order chi connectivity index (χ0) is 13.6. The highest BCUT2D eigenvalue weighted by Crippen LogP contribution is 2.37. The first-order valence-electron chi connectivity index (χ1n) is 6.32. The van der Waals surface area contributed by atoms with Crippen molar-refractivity contribution in [2.75, 3.05) is 0 Å². The fraction of sp³-hybridized carbons (Fsp3) is 0.353. The van der Waals surface area contributed by atoms with Crippen molar-refractivity contribution in [1.29, 1.82) is 0 Å². The second-order valence-electron chi connectivity index (χ2n) is 5.35. The molecule has 0 bridgehead atoms. The highest BCUT2D eigenvalue weighted by Gasteiger charge is 2.23. The molecule has 0 unspecified atom stereocenters. The van der Waals surface area contributed by atoms with Crippen molar-refractivity contribution in [1.82, 2.24) is 0 Å². The average molecular weight is 242 g/mol. The van der Waals surface area contributed by atoms with E-state index >= 15 is 0 Å². The lowest BCUT2D eigenvalue weighted by Crippen LogP contribution is -2.16. The van der Waals surface area contributed by atoms with E-state index in [4.69, 9.17) is 0 Å². The fourth-order valence-corrected chi connectivity index (χ4v) is 2.14. The zero-order valence-corrected chi connectivity index (χ0v) is 11.7. The van der Waals surface area contributed by atoms with E-state index in [1.165, 1.54) is 17.2 Å². The van der Waals surface area contributed by atoms with Crippen LogP contribution in [0, 0.1) is 5.41 Å². The van der Waals surface area contributed by atoms with Gasteiger partial charge < -0.3 is 0 Å². The molecule has 0 aromatic heterocycles. The topological polar surface area (TPSA) is 17.1 Å². The molecule has 0 spiro atoms. The van der Waals surface area contributed by atoms with Crippen LogP contribution in [0.25, 0.3) is 0 Å². The van der Waals surface area contributed by atoms with Crippen LogP contribution in [0.4, 0.5) is 0 Å². The number of carbonyl (C=O) groups excluding carboxylic acids is 1. The second kappa shape index (κ2) is 6.34. The SMILES string of the molecule is CC1=C(/C=C/C(C)=C/C=C/C=O)C(C)(C)CC=C1. The van der Waals surface area contributed by atoms with Crippen LogP contribution in [0.2, 0.25) is 0 Å². The van der Waals surface area contributed by atoms with Crippen molar-refractivity contribution >= 4 is 6.29 Å². The Balaban J connectivity index is 2.89. The minimum absolute atomic E-state index is 0.203. The predicted octanol–water partition coefficient (Wildman–Crippen LogP) is 4.55. The predicted molar refractivity (Wildman–Crippen MR) is 78.3 cm³/mol. The molecule has 0 saturated carbocycles. The van der Waals surface area contributed by atoms with Gasteiger partial charge in [0.2, 0.25) is 0 Å². The first kappa shape index (κ1) is 14.4. The summed E-state index contributed by atoms with van der Waals surface area (Å²) in [7, 11) is 0. The Labute approximate surface area is 110 Å². The molecule has 0 aromatic rings. The minimum atomic E-state index is 0.203. The van der Waals surface area contributed by atoms with Gasteiger partial charge in [-0.3, -0.25) is 4.79 Å². The van der Waals surface area contributed by atoms with Gasteiger partial charge in [0, 0.05) is 0 Å². The Bertz CT molecular complexity index is 454. The monoisotopic (exact) mass is 242 g/mol. The summed E-state index contributed by atoms with van der Waals surface area (Å²) in [5, 5.41) is 0. The Kier molecular flexibility index (Phi) is 5.08. The molecule has 0 aromatic carbocycles. The number of allylic oxidation sites excluding steroid dienone is 10. The molecule has 0 aliphatic heterocycles. The van der Waals surface area contributed by atoms with Crippen LogP contribution >= 0.6 is 0 Å². The summed E-state index contributed by atoms with van der Waals surface area (Å²) in [5.41, 5.74) is 4.06. The van der Waals surface area contributed by atoms with Crippen LogP contribution in [0.1, 0.15) is 34.1 Å². The maximum atomic E-state index is 10.2. The molecule has 0 heterocycles. The molecule has 1 heteroatoms. The molecule has 1 nitrogen and oxygen atoms in total. The van der Waals surface area contributed by atoms with Crippen LogP contribution in [-0.2, 0) is 4.79 Å². The van der Waals surface area contributed by atoms with Gasteiger partial charge in [-0.1, -0.05) is 55.9 Å². The summed E-state index contributed by atoms with van der Waals surface area (Å²) in [6.45, 7) is 8.73. The van der Waals surface area contributed by atoms with Gasteiger partial charge in [0.1, 0.15) is 6.29 Å². The van der Waals surface area contributed by atoms with Crippen LogP contribution in [0.3, 0.4) is 0 Å². The number of rotatable bonds is 4. The quantitative estimate of drug-likeness (QED) is 0.401. The highest BCUT2D eigenvalue weighted by atomic mass is 16.1. The number of hydrogen-bond acceptors (Lipinski definition) is 1. The van der Waals surface area contributed by atoms with E-state index in [1.54, 1.807) is 6.08 Å². The molecular weight excluding hydrogens is 220 g/mol. The minimum Gasteiger partial charge on any atom is -0.299 e. The molecule has 18 heavy (non-hydrogen) atoms. The van der Waals surface area contributed by atoms with Crippen molar-refractivity contribution in [2.45, 2.75) is 34.1 Å². The third-order valence-electron chi connectivity index (χ3n) is 3.21. The van der Waals surface area contributed by atoms with Crippen LogP contribution in [0.15, 0.2) is 59.3 Å². The van der Waals surface area contributed by atoms with Gasteiger partial charge in [0.25, 0.3) is 0 Å². The van der Waals surface area contributed by atoms with Crippen LogP contribution in [0.5, 0.6) is 0 Å². The number of carbonyl (C=O) groups is 1. The maximum Gasteiger partial charge on any atom is 0.142 e. The van der Waals surface area contributed by atoms with Gasteiger partial charge in [-0.15, -0.1) is 0 Å². The number of hydrogen-bond donors (Lipinski definition) is 0. The summed E-state index contributed by atoms with van der Waals surface area (Å²) in [4.78, 5) is 10.2. The number of aldehydes is 1. The summed E-state index contributed by atoms with van der Waals surface area (Å²) in [5.74, 6) is 0. The Morgan fingerprint density at radius 1 is 1.33 bits per heavy atom. The summed E-state index contributed by atoms with van der Waals surface area (Å²) < 4.78 is 0. The van der Waals surface area contributed by atoms with E-state index in [1.807, 2.05) is 13.0 Å². The maximum absolute atomic E-state index is 10.2. The lowest BCUT2D eigenvalue weighted by atomic mass is 9.75. The van der Waals surface area contributed by atoms with Gasteiger partial charge >= 0.3 is 0 Å². The van der Waals surface area contributed by atoms with E-state index in [0.29, 0.717) is 0 Å². The fourth-order valence-electron chi connectivity index (χ4n) is 2.14. The van der Waals surface area contributed by atoms with Crippen LogP contribution < -0.4 is 0 Å². The van der Waals surface area contributed by atoms with E-state index in [2.05, 4.69) is 45.1 Å². The van der Waals surface area contributed by atoms with Crippen molar-refractivity contribution in [3.63, 3.8) is 0 Å². The van der Waals surface area contributed by atoms with Gasteiger partial charge in [0.15, 0.2) is 0 Å². The normalized spacial score (nSPS) is 20.1. The van der Waals surface area contributed by atoms with Gasteiger partial charge in [-0.25, -0.2) is 0 Å². The molecule has 0 saturated heterocycles. The Morgan fingerprint density at radius 3 is 2.67 bits per heavy atom. The van der Waals surface area contributed by atoms with E-state index in [9.17, 15) is 4.79 Å². The molecule has 96 valence electrons. The third-order valence-corrected chi connectivity index (χ3v) is 3.21. The molecule has 1 aliphatic rings. The molecule has 0 atom stereocenters. The first-order chi connectivity index (χ1) is 8.47. The molecule has 1 rings (SSSR count). The molecule has 0 radical (unpaired) electrons. The molecular formula is C17H22O. The molecule has 0 amide bonds. The van der Waals surface area contributed by atoms with Crippen molar-refractivity contribution in [3.8, 4) is 0 Å². The van der Waals surface area contributed by atoms with Crippen molar-refractivity contribution in [2.24, 2.45) is 5.41 Å². The van der Waals surface area contributed by atoms with Crippen LogP contribution in [-0.4, -0.2) is 6.29 Å². The average Bonchev–Trinajstić information content (AvgIpc) is 2.28. The molecule has 0 N–H and O–H groups in total. The third kappa shape index (κ3) is 3.99. The highest BCUT2D eigenvalue weighted by molar-refractivity contribution is 5.65. The van der Waals surface area contributed by atoms with E-state index < -0.39 is 0 Å². The molecule has 1 aliphatic carbocycles. The standard InChI is InChI=1S/C17H22O/c1-14(8-5-6-13-18)10-11-16-15(2)9-7-12-17(16,3)4/h5-11,13H,12H2,1-4H3/b6-5+,11-10+,14-8+.